The van der Waals surface area contributed by atoms with Crippen molar-refractivity contribution in [1.82, 2.24) is 10.2 Å². The molecule has 2 bridgehead atoms. The maximum absolute atomic E-state index is 11.7. The highest BCUT2D eigenvalue weighted by Crippen LogP contribution is 2.25. The van der Waals surface area contributed by atoms with Crippen molar-refractivity contribution in [3.8, 4) is 0 Å². The highest BCUT2D eigenvalue weighted by atomic mass is 16.5. The Hall–Kier alpha value is -1.89. The molecule has 7 heteroatoms. The fraction of sp³-hybridized carbons (Fsp3) is 0.545. The average Bonchev–Trinajstić information content (AvgIpc) is 2.65. The molecule has 0 aliphatic carbocycles. The number of imide groups is 1. The minimum Gasteiger partial charge on any atom is -0.478 e. The lowest BCUT2D eigenvalue weighted by atomic mass is 10.2. The van der Waals surface area contributed by atoms with Gasteiger partial charge in [0, 0.05) is 25.2 Å². The number of nitrogens with zero attached hydrogens (tertiary/aromatic N) is 1. The minimum atomic E-state index is -1.23. The van der Waals surface area contributed by atoms with Gasteiger partial charge in [0.2, 0.25) is 0 Å². The molecule has 0 spiro atoms. The van der Waals surface area contributed by atoms with Crippen LogP contribution in [0.15, 0.2) is 12.2 Å². The smallest absolute Gasteiger partial charge is 0.328 e. The molecule has 0 aromatic rings. The Morgan fingerprint density at radius 1 is 1.17 bits per heavy atom. The molecule has 2 atom stereocenters. The van der Waals surface area contributed by atoms with Gasteiger partial charge in [-0.25, -0.2) is 9.59 Å². The Morgan fingerprint density at radius 2 is 1.78 bits per heavy atom. The van der Waals surface area contributed by atoms with Crippen LogP contribution in [0.25, 0.3) is 0 Å². The number of hydrogen-bond acceptors (Lipinski definition) is 4. The van der Waals surface area contributed by atoms with Crippen LogP contribution in [0.5, 0.6) is 0 Å². The Morgan fingerprint density at radius 3 is 2.33 bits per heavy atom. The third-order valence-electron chi connectivity index (χ3n) is 2.94. The van der Waals surface area contributed by atoms with Crippen molar-refractivity contribution in [3.63, 3.8) is 0 Å². The van der Waals surface area contributed by atoms with E-state index in [1.165, 1.54) is 4.90 Å². The number of urea groups is 1. The van der Waals surface area contributed by atoms with Crippen molar-refractivity contribution >= 4 is 17.9 Å². The van der Waals surface area contributed by atoms with Crippen LogP contribution in [-0.2, 0) is 14.3 Å². The molecule has 18 heavy (non-hydrogen) atoms. The number of fused-ring (bicyclic) bond motifs is 2. The topological polar surface area (TPSA) is 95.9 Å². The molecule has 98 valence electrons. The molecule has 2 aliphatic heterocycles. The molecule has 2 aliphatic rings. The number of ether oxygens (including phenoxy) is 1. The highest BCUT2D eigenvalue weighted by molar-refractivity contribution is 6.02. The van der Waals surface area contributed by atoms with E-state index in [2.05, 4.69) is 5.32 Å². The molecule has 2 heterocycles. The predicted molar refractivity (Wildman–Crippen MR) is 59.8 cm³/mol. The number of carbonyl (C=O) groups is 3. The Balaban J connectivity index is 1.84. The molecule has 2 unspecified atom stereocenters. The number of morpholine rings is 1. The first-order valence-corrected chi connectivity index (χ1v) is 5.71. The summed E-state index contributed by atoms with van der Waals surface area (Å²) in [6.07, 6.45) is 3.47. The van der Waals surface area contributed by atoms with Crippen LogP contribution in [-0.4, -0.2) is 53.2 Å². The van der Waals surface area contributed by atoms with E-state index in [-0.39, 0.29) is 12.2 Å². The maximum Gasteiger partial charge on any atom is 0.328 e. The van der Waals surface area contributed by atoms with E-state index >= 15 is 0 Å². The number of carboxylic acids is 1. The molecule has 2 fully saturated rings. The van der Waals surface area contributed by atoms with Gasteiger partial charge in [-0.2, -0.15) is 0 Å². The van der Waals surface area contributed by atoms with E-state index in [1.807, 2.05) is 0 Å². The number of likely N-dealkylation sites (tertiary alicyclic amines) is 1. The summed E-state index contributed by atoms with van der Waals surface area (Å²) in [4.78, 5) is 34.7. The fourth-order valence-corrected chi connectivity index (χ4v) is 2.15. The summed E-state index contributed by atoms with van der Waals surface area (Å²) in [5, 5.41) is 10.5. The van der Waals surface area contributed by atoms with Crippen LogP contribution in [0, 0.1) is 0 Å². The molecule has 0 saturated carbocycles. The van der Waals surface area contributed by atoms with Crippen molar-refractivity contribution in [2.45, 2.75) is 25.0 Å². The van der Waals surface area contributed by atoms with Gasteiger partial charge in [0.15, 0.2) is 0 Å². The zero-order valence-corrected chi connectivity index (χ0v) is 9.67. The highest BCUT2D eigenvalue weighted by Gasteiger charge is 2.35. The predicted octanol–water partition coefficient (Wildman–Crippen LogP) is -0.273. The second-order valence-corrected chi connectivity index (χ2v) is 4.33. The van der Waals surface area contributed by atoms with E-state index in [9.17, 15) is 14.4 Å². The van der Waals surface area contributed by atoms with Gasteiger partial charge in [-0.05, 0) is 12.8 Å². The van der Waals surface area contributed by atoms with Crippen molar-refractivity contribution in [1.29, 1.82) is 0 Å². The van der Waals surface area contributed by atoms with E-state index in [1.54, 1.807) is 0 Å². The van der Waals surface area contributed by atoms with Crippen LogP contribution < -0.4 is 5.32 Å². The summed E-state index contributed by atoms with van der Waals surface area (Å²) in [6.45, 7) is 0.941. The quantitative estimate of drug-likeness (QED) is 0.661. The molecule has 7 nitrogen and oxygen atoms in total. The Kier molecular flexibility index (Phi) is 3.61. The van der Waals surface area contributed by atoms with Crippen LogP contribution in [0.2, 0.25) is 0 Å². The first-order chi connectivity index (χ1) is 8.54. The van der Waals surface area contributed by atoms with Gasteiger partial charge >= 0.3 is 12.0 Å². The molecule has 0 radical (unpaired) electrons. The number of hydrogen-bond donors (Lipinski definition) is 2. The number of carboxylic acid groups (broad SMARTS) is 1. The van der Waals surface area contributed by atoms with Crippen LogP contribution in [0.1, 0.15) is 12.8 Å². The van der Waals surface area contributed by atoms with Crippen molar-refractivity contribution in [3.05, 3.63) is 12.2 Å². The van der Waals surface area contributed by atoms with Crippen LogP contribution >= 0.6 is 0 Å². The summed E-state index contributed by atoms with van der Waals surface area (Å²) in [7, 11) is 0. The largest absolute Gasteiger partial charge is 0.478 e. The molecular formula is C11H14N2O5. The summed E-state index contributed by atoms with van der Waals surface area (Å²) in [5.41, 5.74) is 0. The maximum atomic E-state index is 11.7. The number of nitrogens with one attached hydrogen (secondary N) is 1. The van der Waals surface area contributed by atoms with Gasteiger partial charge in [0.1, 0.15) is 0 Å². The van der Waals surface area contributed by atoms with Gasteiger partial charge in [-0.3, -0.25) is 10.1 Å². The second-order valence-electron chi connectivity index (χ2n) is 4.33. The van der Waals surface area contributed by atoms with Crippen molar-refractivity contribution < 1.29 is 24.2 Å². The van der Waals surface area contributed by atoms with Gasteiger partial charge in [0.25, 0.3) is 5.91 Å². The zero-order valence-electron chi connectivity index (χ0n) is 9.67. The molecular weight excluding hydrogens is 240 g/mol. The fourth-order valence-electron chi connectivity index (χ4n) is 2.15. The molecule has 2 rings (SSSR count). The van der Waals surface area contributed by atoms with Crippen LogP contribution in [0.4, 0.5) is 4.79 Å². The van der Waals surface area contributed by atoms with E-state index in [0.717, 1.165) is 18.9 Å². The zero-order chi connectivity index (χ0) is 13.1. The van der Waals surface area contributed by atoms with Gasteiger partial charge < -0.3 is 14.7 Å². The number of amides is 3. The normalized spacial score (nSPS) is 26.3. The van der Waals surface area contributed by atoms with Crippen molar-refractivity contribution in [2.75, 3.05) is 13.1 Å². The van der Waals surface area contributed by atoms with Gasteiger partial charge in [-0.1, -0.05) is 0 Å². The summed E-state index contributed by atoms with van der Waals surface area (Å²) in [6, 6.07) is -0.504. The molecule has 0 aromatic carbocycles. The lowest BCUT2D eigenvalue weighted by Crippen LogP contribution is -2.50. The summed E-state index contributed by atoms with van der Waals surface area (Å²) >= 11 is 0. The molecule has 2 N–H and O–H groups in total. The van der Waals surface area contributed by atoms with E-state index < -0.39 is 17.9 Å². The van der Waals surface area contributed by atoms with E-state index in [4.69, 9.17) is 9.84 Å². The second kappa shape index (κ2) is 5.18. The number of carbonyl (C=O) groups excluding carboxylic acids is 2. The minimum absolute atomic E-state index is 0.0548. The number of aliphatic carboxylic acids is 1. The SMILES string of the molecule is O=C(O)C=CC(=O)NC(=O)N1CC2CCC(C1)O2. The first-order valence-electron chi connectivity index (χ1n) is 5.71. The van der Waals surface area contributed by atoms with Crippen molar-refractivity contribution in [2.24, 2.45) is 0 Å². The van der Waals surface area contributed by atoms with Crippen LogP contribution in [0.3, 0.4) is 0 Å². The monoisotopic (exact) mass is 254 g/mol. The van der Waals surface area contributed by atoms with E-state index in [0.29, 0.717) is 19.2 Å². The number of rotatable bonds is 2. The lowest BCUT2D eigenvalue weighted by molar-refractivity contribution is -0.131. The standard InChI is InChI=1S/C11H14N2O5/c14-9(3-4-10(15)16)12-11(17)13-5-7-1-2-8(6-13)18-7/h3-4,7-8H,1-2,5-6H2,(H,15,16)(H,12,14,17). The first kappa shape index (κ1) is 12.6. The Bertz CT molecular complexity index is 394. The van der Waals surface area contributed by atoms with Gasteiger partial charge in [0.05, 0.1) is 12.2 Å². The summed E-state index contributed by atoms with van der Waals surface area (Å²) in [5.74, 6) is -1.97. The molecule has 0 aromatic heterocycles. The molecule has 2 saturated heterocycles. The average molecular weight is 254 g/mol. The third-order valence-corrected chi connectivity index (χ3v) is 2.94. The Labute approximate surface area is 103 Å². The third kappa shape index (κ3) is 3.07. The molecule has 3 amide bonds. The van der Waals surface area contributed by atoms with Gasteiger partial charge in [-0.15, -0.1) is 0 Å². The summed E-state index contributed by atoms with van der Waals surface area (Å²) < 4.78 is 5.56. The lowest BCUT2D eigenvalue weighted by Gasteiger charge is -2.31.